The van der Waals surface area contributed by atoms with Crippen LogP contribution in [0.2, 0.25) is 16.6 Å². The molecular weight excluding hydrogens is 404 g/mol. The number of benzene rings is 1. The third-order valence-corrected chi connectivity index (χ3v) is 14.0. The molecule has 2 aliphatic rings. The van der Waals surface area contributed by atoms with Gasteiger partial charge in [-0.25, -0.2) is 0 Å². The molecule has 2 aliphatic carbocycles. The first kappa shape index (κ1) is 24.2. The number of carboxylic acids is 1. The maximum Gasteiger partial charge on any atom is 0.315 e. The van der Waals surface area contributed by atoms with Crippen LogP contribution in [-0.4, -0.2) is 32.1 Å². The third kappa shape index (κ3) is 4.29. The van der Waals surface area contributed by atoms with Gasteiger partial charge in [0.05, 0.1) is 19.3 Å². The molecule has 0 bridgehead atoms. The SMILES string of the molecule is CC(C)[Si](O[C@H]1C[C@H]2CC=C[C@H]2[C@@]1(COCc1ccccc1)C(=O)O)(C(C)C)C(C)C. The summed E-state index contributed by atoms with van der Waals surface area (Å²) in [6, 6.07) is 9.98. The second-order valence-electron chi connectivity index (χ2n) is 10.4. The minimum absolute atomic E-state index is 0.0241. The summed E-state index contributed by atoms with van der Waals surface area (Å²) in [7, 11) is -2.22. The number of rotatable bonds is 10. The summed E-state index contributed by atoms with van der Waals surface area (Å²) in [5.74, 6) is -0.465. The van der Waals surface area contributed by atoms with Gasteiger partial charge in [-0.3, -0.25) is 4.79 Å². The molecule has 0 saturated heterocycles. The number of hydrogen-bond acceptors (Lipinski definition) is 3. The molecule has 0 aromatic heterocycles. The molecule has 1 aromatic carbocycles. The van der Waals surface area contributed by atoms with Crippen LogP contribution >= 0.6 is 0 Å². The molecule has 5 heteroatoms. The largest absolute Gasteiger partial charge is 0.481 e. The molecule has 0 amide bonds. The van der Waals surface area contributed by atoms with Gasteiger partial charge < -0.3 is 14.3 Å². The Morgan fingerprint density at radius 3 is 2.26 bits per heavy atom. The normalized spacial score (nSPS) is 28.1. The van der Waals surface area contributed by atoms with E-state index in [2.05, 4.69) is 53.7 Å². The zero-order valence-corrected chi connectivity index (χ0v) is 21.0. The fraction of sp³-hybridized carbons (Fsp3) is 0.654. The highest BCUT2D eigenvalue weighted by atomic mass is 28.4. The zero-order valence-electron chi connectivity index (χ0n) is 20.0. The highest BCUT2D eigenvalue weighted by Gasteiger charge is 2.63. The van der Waals surface area contributed by atoms with E-state index >= 15 is 0 Å². The Bertz CT molecular complexity index is 751. The third-order valence-electron chi connectivity index (χ3n) is 7.88. The molecule has 0 spiro atoms. The first-order chi connectivity index (χ1) is 14.7. The molecular formula is C26H40O4Si. The molecule has 1 N–H and O–H groups in total. The van der Waals surface area contributed by atoms with Crippen molar-refractivity contribution in [2.75, 3.05) is 6.61 Å². The molecule has 1 saturated carbocycles. The molecule has 0 aliphatic heterocycles. The average Bonchev–Trinajstić information content (AvgIpc) is 3.27. The number of ether oxygens (including phenoxy) is 1. The van der Waals surface area contributed by atoms with Gasteiger partial charge in [0.15, 0.2) is 0 Å². The lowest BCUT2D eigenvalue weighted by molar-refractivity contribution is -0.163. The summed E-state index contributed by atoms with van der Waals surface area (Å²) in [6.07, 6.45) is 5.72. The minimum atomic E-state index is -2.22. The number of carboxylic acid groups (broad SMARTS) is 1. The van der Waals surface area contributed by atoms with Gasteiger partial charge in [-0.1, -0.05) is 84.0 Å². The second kappa shape index (κ2) is 9.59. The number of hydrogen-bond donors (Lipinski definition) is 1. The standard InChI is InChI=1S/C26H40O4Si/c1-18(2)31(19(3)4,20(5)6)30-24-15-22-13-10-14-23(22)26(24,25(27)28)17-29-16-21-11-8-7-9-12-21/h7-12,14,18-20,22-24H,13,15-17H2,1-6H3,(H,27,28)/t22-,23-,24+,26-/m1/s1. The minimum Gasteiger partial charge on any atom is -0.481 e. The molecule has 4 nitrogen and oxygen atoms in total. The van der Waals surface area contributed by atoms with Gasteiger partial charge >= 0.3 is 5.97 Å². The van der Waals surface area contributed by atoms with E-state index in [0.29, 0.717) is 29.1 Å². The lowest BCUT2D eigenvalue weighted by Gasteiger charge is -2.47. The summed E-state index contributed by atoms with van der Waals surface area (Å²) in [5.41, 5.74) is 1.29. The topological polar surface area (TPSA) is 55.8 Å². The van der Waals surface area contributed by atoms with Crippen LogP contribution in [-0.2, 0) is 20.6 Å². The van der Waals surface area contributed by atoms with Crippen LogP contribution in [0, 0.1) is 17.3 Å². The molecule has 0 radical (unpaired) electrons. The second-order valence-corrected chi connectivity index (χ2v) is 15.8. The maximum absolute atomic E-state index is 12.9. The number of carbonyl (C=O) groups is 1. The van der Waals surface area contributed by atoms with Gasteiger partial charge in [0, 0.05) is 5.92 Å². The van der Waals surface area contributed by atoms with E-state index in [1.165, 1.54) is 0 Å². The van der Waals surface area contributed by atoms with Crippen LogP contribution in [0.15, 0.2) is 42.5 Å². The highest BCUT2D eigenvalue weighted by molar-refractivity contribution is 6.77. The molecule has 1 aromatic rings. The van der Waals surface area contributed by atoms with Crippen molar-refractivity contribution in [2.24, 2.45) is 17.3 Å². The van der Waals surface area contributed by atoms with Crippen molar-refractivity contribution in [3.05, 3.63) is 48.0 Å². The van der Waals surface area contributed by atoms with E-state index in [1.807, 2.05) is 30.3 Å². The molecule has 0 heterocycles. The Balaban J connectivity index is 1.93. The van der Waals surface area contributed by atoms with E-state index in [4.69, 9.17) is 9.16 Å². The van der Waals surface area contributed by atoms with E-state index in [1.54, 1.807) is 0 Å². The van der Waals surface area contributed by atoms with E-state index in [0.717, 1.165) is 18.4 Å². The van der Waals surface area contributed by atoms with Crippen molar-refractivity contribution < 1.29 is 19.1 Å². The Labute approximate surface area is 189 Å². The predicted octanol–water partition coefficient (Wildman–Crippen LogP) is 6.43. The zero-order chi connectivity index (χ0) is 22.8. The number of aliphatic carboxylic acids is 1. The van der Waals surface area contributed by atoms with Gasteiger partial charge in [-0.15, -0.1) is 0 Å². The van der Waals surface area contributed by atoms with Gasteiger partial charge in [-0.2, -0.15) is 0 Å². The smallest absolute Gasteiger partial charge is 0.315 e. The molecule has 3 rings (SSSR count). The van der Waals surface area contributed by atoms with E-state index in [-0.39, 0.29) is 18.6 Å². The van der Waals surface area contributed by atoms with Gasteiger partial charge in [-0.05, 0) is 40.9 Å². The fourth-order valence-corrected chi connectivity index (χ4v) is 12.1. The van der Waals surface area contributed by atoms with Crippen LogP contribution in [0.5, 0.6) is 0 Å². The Morgan fingerprint density at radius 2 is 1.71 bits per heavy atom. The molecule has 0 unspecified atom stereocenters. The fourth-order valence-electron chi connectivity index (χ4n) is 6.49. The van der Waals surface area contributed by atoms with Gasteiger partial charge in [0.25, 0.3) is 0 Å². The maximum atomic E-state index is 12.9. The lowest BCUT2D eigenvalue weighted by Crippen LogP contribution is -2.56. The first-order valence-electron chi connectivity index (χ1n) is 11.9. The number of allylic oxidation sites excluding steroid dienone is 2. The quantitative estimate of drug-likeness (QED) is 0.334. The van der Waals surface area contributed by atoms with Gasteiger partial charge in [0.1, 0.15) is 5.41 Å². The summed E-state index contributed by atoms with van der Waals surface area (Å²) >= 11 is 0. The monoisotopic (exact) mass is 444 g/mol. The van der Waals surface area contributed by atoms with Crippen molar-refractivity contribution in [2.45, 2.75) is 83.7 Å². The van der Waals surface area contributed by atoms with Crippen molar-refractivity contribution >= 4 is 14.3 Å². The van der Waals surface area contributed by atoms with Crippen molar-refractivity contribution in [3.63, 3.8) is 0 Å². The Kier molecular flexibility index (Phi) is 7.49. The first-order valence-corrected chi connectivity index (χ1v) is 14.0. The average molecular weight is 445 g/mol. The number of fused-ring (bicyclic) bond motifs is 1. The van der Waals surface area contributed by atoms with Crippen LogP contribution in [0.1, 0.15) is 59.9 Å². The lowest BCUT2D eigenvalue weighted by atomic mass is 9.76. The predicted molar refractivity (Wildman–Crippen MR) is 127 cm³/mol. The van der Waals surface area contributed by atoms with Crippen molar-refractivity contribution in [1.29, 1.82) is 0 Å². The molecule has 1 fully saturated rings. The Morgan fingerprint density at radius 1 is 1.10 bits per heavy atom. The molecule has 172 valence electrons. The summed E-state index contributed by atoms with van der Waals surface area (Å²) in [6.45, 7) is 14.2. The summed E-state index contributed by atoms with van der Waals surface area (Å²) < 4.78 is 13.3. The van der Waals surface area contributed by atoms with Crippen molar-refractivity contribution in [1.82, 2.24) is 0 Å². The van der Waals surface area contributed by atoms with E-state index in [9.17, 15) is 9.90 Å². The molecule has 31 heavy (non-hydrogen) atoms. The Hall–Kier alpha value is -1.43. The van der Waals surface area contributed by atoms with E-state index < -0.39 is 19.7 Å². The van der Waals surface area contributed by atoms with Crippen molar-refractivity contribution in [3.8, 4) is 0 Å². The molecule has 4 atom stereocenters. The summed E-state index contributed by atoms with van der Waals surface area (Å²) in [5, 5.41) is 10.6. The van der Waals surface area contributed by atoms with Crippen LogP contribution in [0.3, 0.4) is 0 Å². The van der Waals surface area contributed by atoms with Crippen LogP contribution < -0.4 is 0 Å². The highest BCUT2D eigenvalue weighted by Crippen LogP contribution is 2.56. The van der Waals surface area contributed by atoms with Crippen LogP contribution in [0.25, 0.3) is 0 Å². The summed E-state index contributed by atoms with van der Waals surface area (Å²) in [4.78, 5) is 12.9. The van der Waals surface area contributed by atoms with Crippen LogP contribution in [0.4, 0.5) is 0 Å². The van der Waals surface area contributed by atoms with Gasteiger partial charge in [0.2, 0.25) is 8.32 Å².